The van der Waals surface area contributed by atoms with Crippen LogP contribution in [0.5, 0.6) is 0 Å². The molecule has 0 saturated carbocycles. The van der Waals surface area contributed by atoms with E-state index in [9.17, 15) is 0 Å². The van der Waals surface area contributed by atoms with Crippen molar-refractivity contribution < 1.29 is 66.4 Å². The number of hydrogen-bond donors (Lipinski definition) is 0. The molecule has 0 heterocycles. The molecule has 1 aromatic rings. The van der Waals surface area contributed by atoms with Crippen molar-refractivity contribution in [1.29, 1.82) is 0 Å². The second-order valence-corrected chi connectivity index (χ2v) is 31.5. The Morgan fingerprint density at radius 3 is 0.966 bits per heavy atom. The zero-order valence-electron chi connectivity index (χ0n) is 39.6. The van der Waals surface area contributed by atoms with Gasteiger partial charge in [-0.25, -0.2) is 0 Å². The van der Waals surface area contributed by atoms with Gasteiger partial charge in [0.25, 0.3) is 0 Å². The van der Waals surface area contributed by atoms with Gasteiger partial charge in [-0.2, -0.15) is 0 Å². The van der Waals surface area contributed by atoms with Crippen LogP contribution in [0.2, 0.25) is 37.4 Å². The van der Waals surface area contributed by atoms with Crippen molar-refractivity contribution in [3.05, 3.63) is 24.3 Å². The summed E-state index contributed by atoms with van der Waals surface area (Å²) in [4.78, 5) is 0. The predicted octanol–water partition coefficient (Wildman–Crippen LogP) is 6.24. The minimum absolute atomic E-state index is 0.554. The van der Waals surface area contributed by atoms with Gasteiger partial charge in [-0.3, -0.25) is 0 Å². The first-order valence-corrected chi connectivity index (χ1v) is 33.7. The van der Waals surface area contributed by atoms with Gasteiger partial charge in [-0.05, 0) is 100 Å². The molecule has 0 aliphatic carbocycles. The third kappa shape index (κ3) is 20.9. The highest BCUT2D eigenvalue weighted by molar-refractivity contribution is 6.82. The highest BCUT2D eigenvalue weighted by Gasteiger charge is 2.51. The Kier molecular flexibility index (Phi) is 33.7. The summed E-state index contributed by atoms with van der Waals surface area (Å²) in [5.41, 5.74) is 0.636. The number of rotatable bonds is 32. The first kappa shape index (κ1) is 60.0. The van der Waals surface area contributed by atoms with E-state index in [2.05, 4.69) is 25.2 Å². The van der Waals surface area contributed by atoms with E-state index in [-0.39, 0.29) is 0 Å². The van der Waals surface area contributed by atoms with Gasteiger partial charge in [0.1, 0.15) is 0 Å². The molecule has 0 saturated heterocycles. The standard InChI is InChI=1S/C17H32O5Si2.C12H30O5Si2.C8H22O5Si2/c1-7-18-23(6,19-8-2)16-12-14-17(15-13-16)24(20-9-3,21-10-4)22-11-5;1-7-13-18(6,14-8-2)12-19(15-9-3,16-10-4)17-11-5;1-9-14(6,10-2)7-8-15(11-3,12-4)13-5/h12-15H,7-11H2,1-6H3;7-12H2,1-6H3;7-8H2,1-6H3. The predicted molar refractivity (Wildman–Crippen MR) is 244 cm³/mol. The summed E-state index contributed by atoms with van der Waals surface area (Å²) in [6, 6.07) is 9.69. The Labute approximate surface area is 360 Å². The van der Waals surface area contributed by atoms with Gasteiger partial charge in [0.15, 0.2) is 0 Å². The fraction of sp³-hybridized carbons (Fsp3) is 0.838. The Bertz CT molecular complexity index is 1070. The molecule has 0 aliphatic heterocycles. The third-order valence-corrected chi connectivity index (χ3v) is 29.3. The number of hydrogen-bond acceptors (Lipinski definition) is 15. The van der Waals surface area contributed by atoms with Crippen LogP contribution in [0.3, 0.4) is 0 Å². The molecule has 0 spiro atoms. The summed E-state index contributed by atoms with van der Waals surface area (Å²) < 4.78 is 85.9. The fourth-order valence-corrected chi connectivity index (χ4v) is 23.5. The van der Waals surface area contributed by atoms with E-state index in [0.29, 0.717) is 77.8 Å². The van der Waals surface area contributed by atoms with Crippen LogP contribution in [0.25, 0.3) is 0 Å². The number of benzene rings is 1. The van der Waals surface area contributed by atoms with Crippen LogP contribution in [0.4, 0.5) is 0 Å². The molecule has 346 valence electrons. The largest absolute Gasteiger partial charge is 0.537 e. The summed E-state index contributed by atoms with van der Waals surface area (Å²) in [5, 5.41) is 2.07. The maximum Gasteiger partial charge on any atom is 0.537 e. The smallest absolute Gasteiger partial charge is 0.398 e. The maximum absolute atomic E-state index is 5.96. The van der Waals surface area contributed by atoms with Crippen LogP contribution in [-0.2, 0) is 66.4 Å². The molecule has 0 atom stereocenters. The lowest BCUT2D eigenvalue weighted by molar-refractivity contribution is 0.0705. The molecule has 58 heavy (non-hydrogen) atoms. The molecule has 0 aromatic heterocycles. The van der Waals surface area contributed by atoms with Crippen LogP contribution < -0.4 is 10.4 Å². The maximum atomic E-state index is 5.96. The molecule has 1 aromatic carbocycles. The van der Waals surface area contributed by atoms with E-state index in [1.807, 2.05) is 87.9 Å². The average Bonchev–Trinajstić information content (AvgIpc) is 3.20. The van der Waals surface area contributed by atoms with Crippen molar-refractivity contribution in [3.8, 4) is 0 Å². The van der Waals surface area contributed by atoms with Gasteiger partial charge < -0.3 is 66.4 Å². The van der Waals surface area contributed by atoms with Crippen molar-refractivity contribution in [2.75, 3.05) is 102 Å². The van der Waals surface area contributed by atoms with Gasteiger partial charge in [0.2, 0.25) is 0 Å². The van der Waals surface area contributed by atoms with Gasteiger partial charge >= 0.3 is 52.1 Å². The SMILES string of the molecule is CCO[Si](C)(C[Si](OCC)(OCC)OCC)OCC.CCO[Si](C)(OCC)c1ccc([Si](OCC)(OCC)OCC)cc1.CO[Si](C)(CC[Si](OC)(OC)OC)OC. The molecule has 15 nitrogen and oxygen atoms in total. The Hall–Kier alpha value is -0.0787. The second kappa shape index (κ2) is 32.6. The normalized spacial score (nSPS) is 12.9. The molecular formula is C37H84O15Si6. The van der Waals surface area contributed by atoms with E-state index in [1.165, 1.54) is 0 Å². The molecule has 0 aliphatic rings. The summed E-state index contributed by atoms with van der Waals surface area (Å²) in [5.74, 6) is 0. The van der Waals surface area contributed by atoms with Crippen LogP contribution in [0, 0.1) is 0 Å². The quantitative estimate of drug-likeness (QED) is 0.0753. The highest BCUT2D eigenvalue weighted by Crippen LogP contribution is 2.26. The third-order valence-electron chi connectivity index (χ3n) is 8.82. The lowest BCUT2D eigenvalue weighted by Gasteiger charge is -2.35. The van der Waals surface area contributed by atoms with Crippen molar-refractivity contribution in [2.24, 2.45) is 0 Å². The summed E-state index contributed by atoms with van der Waals surface area (Å²) in [6.07, 6.45) is 0. The van der Waals surface area contributed by atoms with E-state index in [1.54, 1.807) is 35.5 Å². The molecule has 0 N–H and O–H groups in total. The molecule has 0 amide bonds. The van der Waals surface area contributed by atoms with E-state index < -0.39 is 52.1 Å². The second-order valence-electron chi connectivity index (χ2n) is 12.7. The Morgan fingerprint density at radius 1 is 0.345 bits per heavy atom. The monoisotopic (exact) mass is 936 g/mol. The first-order valence-electron chi connectivity index (χ1n) is 20.8. The molecule has 0 unspecified atom stereocenters. The minimum atomic E-state index is -2.86. The lowest BCUT2D eigenvalue weighted by Crippen LogP contribution is -2.58. The molecule has 21 heteroatoms. The summed E-state index contributed by atoms with van der Waals surface area (Å²) in [7, 11) is -6.61. The molecule has 0 bridgehead atoms. The first-order chi connectivity index (χ1) is 27.5. The van der Waals surface area contributed by atoms with Crippen molar-refractivity contribution >= 4 is 62.5 Å². The molecule has 0 fully saturated rings. The minimum Gasteiger partial charge on any atom is -0.398 e. The Balaban J connectivity index is 0. The highest BCUT2D eigenvalue weighted by atomic mass is 28.4. The van der Waals surface area contributed by atoms with Crippen LogP contribution in [0.1, 0.15) is 69.2 Å². The van der Waals surface area contributed by atoms with Gasteiger partial charge in [-0.15, -0.1) is 0 Å². The molecule has 1 rings (SSSR count). The van der Waals surface area contributed by atoms with Crippen LogP contribution in [-0.4, -0.2) is 154 Å². The van der Waals surface area contributed by atoms with Crippen molar-refractivity contribution in [1.82, 2.24) is 0 Å². The molecular weight excluding hydrogens is 853 g/mol. The summed E-state index contributed by atoms with van der Waals surface area (Å²) in [6.45, 7) is 31.8. The van der Waals surface area contributed by atoms with E-state index in [4.69, 9.17) is 66.4 Å². The molecule has 0 radical (unpaired) electrons. The zero-order chi connectivity index (χ0) is 44.8. The van der Waals surface area contributed by atoms with Gasteiger partial charge in [0.05, 0.1) is 5.67 Å². The van der Waals surface area contributed by atoms with Crippen LogP contribution in [0.15, 0.2) is 24.3 Å². The van der Waals surface area contributed by atoms with E-state index >= 15 is 0 Å². The van der Waals surface area contributed by atoms with Crippen molar-refractivity contribution in [2.45, 2.75) is 107 Å². The Morgan fingerprint density at radius 2 is 0.672 bits per heavy atom. The van der Waals surface area contributed by atoms with E-state index in [0.717, 1.165) is 16.4 Å². The van der Waals surface area contributed by atoms with Crippen molar-refractivity contribution in [3.63, 3.8) is 0 Å². The lowest BCUT2D eigenvalue weighted by atomic mass is 10.4. The van der Waals surface area contributed by atoms with Gasteiger partial charge in [0, 0.05) is 113 Å². The zero-order valence-corrected chi connectivity index (χ0v) is 45.6. The van der Waals surface area contributed by atoms with Gasteiger partial charge in [-0.1, -0.05) is 24.3 Å². The fourth-order valence-electron chi connectivity index (χ4n) is 5.99. The van der Waals surface area contributed by atoms with Crippen LogP contribution >= 0.6 is 0 Å². The average molecular weight is 938 g/mol. The summed E-state index contributed by atoms with van der Waals surface area (Å²) >= 11 is 0. The topological polar surface area (TPSA) is 138 Å².